The maximum Gasteiger partial charge on any atom is 0.443 e. The van der Waals surface area contributed by atoms with Crippen molar-refractivity contribution in [3.63, 3.8) is 0 Å². The molecule has 16 heavy (non-hydrogen) atoms. The minimum Gasteiger partial charge on any atom is -0.382 e. The number of nitrogen functional groups attached to an aromatic ring is 1. The van der Waals surface area contributed by atoms with Gasteiger partial charge in [0.15, 0.2) is 10.8 Å². The van der Waals surface area contributed by atoms with E-state index in [1.54, 1.807) is 0 Å². The van der Waals surface area contributed by atoms with Crippen LogP contribution in [0.15, 0.2) is 18.6 Å². The molecule has 2 heterocycles. The molecule has 2 N–H and O–H groups in total. The molecule has 0 radical (unpaired) electrons. The van der Waals surface area contributed by atoms with Crippen LogP contribution < -0.4 is 5.73 Å². The summed E-state index contributed by atoms with van der Waals surface area (Å²) < 4.78 is 36.9. The average Bonchev–Trinajstić information content (AvgIpc) is 2.66. The summed E-state index contributed by atoms with van der Waals surface area (Å²) in [4.78, 5) is 11.1. The van der Waals surface area contributed by atoms with Crippen LogP contribution in [0.25, 0.3) is 10.6 Å². The Hall–Kier alpha value is -1.70. The summed E-state index contributed by atoms with van der Waals surface area (Å²) in [5.41, 5.74) is 5.71. The monoisotopic (exact) mass is 246 g/mol. The second kappa shape index (κ2) is 3.71. The molecule has 0 aliphatic heterocycles. The number of alkyl halides is 3. The van der Waals surface area contributed by atoms with Gasteiger partial charge in [-0.1, -0.05) is 0 Å². The summed E-state index contributed by atoms with van der Waals surface area (Å²) in [5, 5.41) is -0.924. The van der Waals surface area contributed by atoms with Crippen LogP contribution in [0.2, 0.25) is 0 Å². The zero-order chi connectivity index (χ0) is 11.8. The molecule has 0 amide bonds. The smallest absolute Gasteiger partial charge is 0.382 e. The number of aromatic nitrogens is 3. The minimum absolute atomic E-state index is 0.0832. The van der Waals surface area contributed by atoms with Gasteiger partial charge in [-0.15, -0.1) is 11.3 Å². The van der Waals surface area contributed by atoms with E-state index < -0.39 is 11.2 Å². The number of nitrogens with two attached hydrogens (primary N) is 1. The van der Waals surface area contributed by atoms with Crippen molar-refractivity contribution in [1.29, 1.82) is 0 Å². The topological polar surface area (TPSA) is 64.7 Å². The lowest BCUT2D eigenvalue weighted by Gasteiger charge is -2.00. The van der Waals surface area contributed by atoms with E-state index in [4.69, 9.17) is 5.73 Å². The quantitative estimate of drug-likeness (QED) is 0.837. The predicted octanol–water partition coefficient (Wildman–Crippen LogP) is 2.20. The Morgan fingerprint density at radius 1 is 1.12 bits per heavy atom. The first kappa shape index (κ1) is 10.8. The lowest BCUT2D eigenvalue weighted by atomic mass is 10.4. The summed E-state index contributed by atoms with van der Waals surface area (Å²) in [7, 11) is 0. The molecule has 0 atom stereocenters. The highest BCUT2D eigenvalue weighted by atomic mass is 32.1. The SMILES string of the molecule is Nc1nccnc1-c1cnc(C(F)(F)F)s1. The Kier molecular flexibility index (Phi) is 2.50. The van der Waals surface area contributed by atoms with Gasteiger partial charge in [0.25, 0.3) is 0 Å². The zero-order valence-electron chi connectivity index (χ0n) is 7.69. The summed E-state index contributed by atoms with van der Waals surface area (Å²) in [6, 6.07) is 0. The van der Waals surface area contributed by atoms with Crippen molar-refractivity contribution in [2.24, 2.45) is 0 Å². The number of halogens is 3. The highest BCUT2D eigenvalue weighted by Crippen LogP contribution is 2.36. The van der Waals surface area contributed by atoms with E-state index in [-0.39, 0.29) is 16.4 Å². The van der Waals surface area contributed by atoms with E-state index in [1.807, 2.05) is 0 Å². The fourth-order valence-electron chi connectivity index (χ4n) is 1.05. The van der Waals surface area contributed by atoms with Crippen molar-refractivity contribution >= 4 is 17.2 Å². The van der Waals surface area contributed by atoms with Crippen molar-refractivity contribution in [3.8, 4) is 10.6 Å². The van der Waals surface area contributed by atoms with Crippen molar-refractivity contribution in [1.82, 2.24) is 15.0 Å². The van der Waals surface area contributed by atoms with Crippen molar-refractivity contribution in [3.05, 3.63) is 23.6 Å². The van der Waals surface area contributed by atoms with Crippen LogP contribution in [-0.2, 0) is 6.18 Å². The Labute approximate surface area is 92.0 Å². The molecule has 84 valence electrons. The van der Waals surface area contributed by atoms with Gasteiger partial charge >= 0.3 is 6.18 Å². The maximum absolute atomic E-state index is 12.3. The van der Waals surface area contributed by atoms with Gasteiger partial charge in [-0.25, -0.2) is 15.0 Å². The lowest BCUT2D eigenvalue weighted by Crippen LogP contribution is -2.02. The lowest BCUT2D eigenvalue weighted by molar-refractivity contribution is -0.137. The van der Waals surface area contributed by atoms with E-state index in [0.29, 0.717) is 11.3 Å². The molecular formula is C8H5F3N4S. The third-order valence-electron chi connectivity index (χ3n) is 1.71. The number of hydrogen-bond donors (Lipinski definition) is 1. The van der Waals surface area contributed by atoms with Gasteiger partial charge in [-0.05, 0) is 0 Å². The zero-order valence-corrected chi connectivity index (χ0v) is 8.51. The van der Waals surface area contributed by atoms with Crippen LogP contribution >= 0.6 is 11.3 Å². The summed E-state index contributed by atoms with van der Waals surface area (Å²) in [5.74, 6) is 0.0832. The van der Waals surface area contributed by atoms with Crippen LogP contribution in [0.5, 0.6) is 0 Å². The molecule has 4 nitrogen and oxygen atoms in total. The second-order valence-electron chi connectivity index (χ2n) is 2.82. The fraction of sp³-hybridized carbons (Fsp3) is 0.125. The number of hydrogen-bond acceptors (Lipinski definition) is 5. The number of nitrogens with zero attached hydrogens (tertiary/aromatic N) is 3. The summed E-state index contributed by atoms with van der Waals surface area (Å²) in [6.45, 7) is 0. The second-order valence-corrected chi connectivity index (χ2v) is 3.85. The highest BCUT2D eigenvalue weighted by molar-refractivity contribution is 7.15. The average molecular weight is 246 g/mol. The largest absolute Gasteiger partial charge is 0.443 e. The Balaban J connectivity index is 2.44. The molecule has 0 saturated heterocycles. The third-order valence-corrected chi connectivity index (χ3v) is 2.76. The van der Waals surface area contributed by atoms with E-state index in [0.717, 1.165) is 6.20 Å². The van der Waals surface area contributed by atoms with Gasteiger partial charge in [0.05, 0.1) is 4.88 Å². The standard InChI is InChI=1S/C8H5F3N4S/c9-8(10,11)7-15-3-4(16-7)5-6(12)14-2-1-13-5/h1-3H,(H2,12,14). The fourth-order valence-corrected chi connectivity index (χ4v) is 1.84. The van der Waals surface area contributed by atoms with E-state index in [1.165, 1.54) is 12.4 Å². The Morgan fingerprint density at radius 3 is 2.38 bits per heavy atom. The number of anilines is 1. The van der Waals surface area contributed by atoms with Crippen LogP contribution in [-0.4, -0.2) is 15.0 Å². The molecule has 0 saturated carbocycles. The van der Waals surface area contributed by atoms with E-state index in [9.17, 15) is 13.2 Å². The van der Waals surface area contributed by atoms with Crippen molar-refractivity contribution < 1.29 is 13.2 Å². The molecule has 0 unspecified atom stereocenters. The van der Waals surface area contributed by atoms with Gasteiger partial charge in [0.1, 0.15) is 5.69 Å². The van der Waals surface area contributed by atoms with Crippen LogP contribution in [0.3, 0.4) is 0 Å². The van der Waals surface area contributed by atoms with Gasteiger partial charge in [0, 0.05) is 18.6 Å². The molecule has 2 rings (SSSR count). The molecule has 2 aromatic heterocycles. The van der Waals surface area contributed by atoms with Crippen molar-refractivity contribution in [2.75, 3.05) is 5.73 Å². The predicted molar refractivity (Wildman–Crippen MR) is 52.6 cm³/mol. The van der Waals surface area contributed by atoms with Crippen LogP contribution in [0.1, 0.15) is 5.01 Å². The van der Waals surface area contributed by atoms with Gasteiger partial charge in [0.2, 0.25) is 0 Å². The minimum atomic E-state index is -4.44. The summed E-state index contributed by atoms with van der Waals surface area (Å²) in [6.07, 6.45) is -0.628. The van der Waals surface area contributed by atoms with E-state index in [2.05, 4.69) is 15.0 Å². The first-order chi connectivity index (χ1) is 7.48. The first-order valence-electron chi connectivity index (χ1n) is 4.08. The van der Waals surface area contributed by atoms with Crippen LogP contribution in [0.4, 0.5) is 19.0 Å². The van der Waals surface area contributed by atoms with Gasteiger partial charge < -0.3 is 5.73 Å². The molecule has 0 aromatic carbocycles. The maximum atomic E-state index is 12.3. The molecule has 0 bridgehead atoms. The highest BCUT2D eigenvalue weighted by Gasteiger charge is 2.34. The number of thiazole rings is 1. The molecular weight excluding hydrogens is 241 g/mol. The normalized spacial score (nSPS) is 11.7. The van der Waals surface area contributed by atoms with E-state index >= 15 is 0 Å². The van der Waals surface area contributed by atoms with Gasteiger partial charge in [-0.3, -0.25) is 0 Å². The molecule has 2 aromatic rings. The molecule has 0 aliphatic rings. The summed E-state index contributed by atoms with van der Waals surface area (Å²) >= 11 is 0.488. The Bertz CT molecular complexity index is 508. The number of rotatable bonds is 1. The molecule has 0 aliphatic carbocycles. The first-order valence-corrected chi connectivity index (χ1v) is 4.90. The van der Waals surface area contributed by atoms with Crippen molar-refractivity contribution in [2.45, 2.75) is 6.18 Å². The molecule has 8 heteroatoms. The Morgan fingerprint density at radius 2 is 1.81 bits per heavy atom. The van der Waals surface area contributed by atoms with Crippen LogP contribution in [0, 0.1) is 0 Å². The molecule has 0 fully saturated rings. The van der Waals surface area contributed by atoms with Gasteiger partial charge in [-0.2, -0.15) is 13.2 Å². The third kappa shape index (κ3) is 1.96. The molecule has 0 spiro atoms.